The summed E-state index contributed by atoms with van der Waals surface area (Å²) in [6, 6.07) is 16.7. The van der Waals surface area contributed by atoms with Crippen LogP contribution in [0.2, 0.25) is 0 Å². The number of nitrogens with zero attached hydrogens (tertiary/aromatic N) is 3. The standard InChI is InChI=1S/C19H15N5O/c1-13-5-4-7-15(9-13)23-19(25)17-11-22-18(12-21-17)24-16-8-3-2-6-14(16)10-20/h2-9,11-12H,1H3,(H,22,24)(H,23,25). The quantitative estimate of drug-likeness (QED) is 0.762. The fraction of sp³-hybridized carbons (Fsp3) is 0.0526. The van der Waals surface area contributed by atoms with Crippen LogP contribution in [0.1, 0.15) is 21.6 Å². The molecule has 1 amide bonds. The van der Waals surface area contributed by atoms with Gasteiger partial charge in [0.2, 0.25) is 0 Å². The molecule has 0 radical (unpaired) electrons. The molecular weight excluding hydrogens is 314 g/mol. The van der Waals surface area contributed by atoms with Crippen LogP contribution in [0.3, 0.4) is 0 Å². The number of aromatic nitrogens is 2. The van der Waals surface area contributed by atoms with Crippen LogP contribution in [0.4, 0.5) is 17.2 Å². The van der Waals surface area contributed by atoms with Crippen molar-refractivity contribution < 1.29 is 4.79 Å². The van der Waals surface area contributed by atoms with Crippen molar-refractivity contribution >= 4 is 23.1 Å². The van der Waals surface area contributed by atoms with Gasteiger partial charge in [0.05, 0.1) is 23.6 Å². The molecule has 122 valence electrons. The summed E-state index contributed by atoms with van der Waals surface area (Å²) < 4.78 is 0. The van der Waals surface area contributed by atoms with Crippen LogP contribution in [-0.2, 0) is 0 Å². The second kappa shape index (κ2) is 7.23. The van der Waals surface area contributed by atoms with Gasteiger partial charge in [0.25, 0.3) is 5.91 Å². The Balaban J connectivity index is 1.71. The second-order valence-corrected chi connectivity index (χ2v) is 5.39. The van der Waals surface area contributed by atoms with Crippen LogP contribution in [0, 0.1) is 18.3 Å². The van der Waals surface area contributed by atoms with E-state index in [9.17, 15) is 4.79 Å². The van der Waals surface area contributed by atoms with E-state index >= 15 is 0 Å². The number of nitriles is 1. The van der Waals surface area contributed by atoms with E-state index in [1.807, 2.05) is 37.3 Å². The van der Waals surface area contributed by atoms with Gasteiger partial charge in [0.1, 0.15) is 17.6 Å². The van der Waals surface area contributed by atoms with Gasteiger partial charge in [-0.25, -0.2) is 9.97 Å². The summed E-state index contributed by atoms with van der Waals surface area (Å²) in [5.74, 6) is 0.122. The maximum atomic E-state index is 12.2. The number of rotatable bonds is 4. The number of hydrogen-bond acceptors (Lipinski definition) is 5. The molecule has 6 nitrogen and oxygen atoms in total. The summed E-state index contributed by atoms with van der Waals surface area (Å²) in [6.07, 6.45) is 2.85. The zero-order valence-electron chi connectivity index (χ0n) is 13.5. The summed E-state index contributed by atoms with van der Waals surface area (Å²) >= 11 is 0. The normalized spacial score (nSPS) is 9.92. The van der Waals surface area contributed by atoms with Crippen LogP contribution in [-0.4, -0.2) is 15.9 Å². The first kappa shape index (κ1) is 16.1. The maximum absolute atomic E-state index is 12.2. The van der Waals surface area contributed by atoms with Gasteiger partial charge in [-0.15, -0.1) is 0 Å². The molecule has 1 heterocycles. The lowest BCUT2D eigenvalue weighted by molar-refractivity contribution is 0.102. The molecular formula is C19H15N5O. The molecule has 2 N–H and O–H groups in total. The van der Waals surface area contributed by atoms with E-state index in [1.165, 1.54) is 12.4 Å². The molecule has 1 aromatic heterocycles. The molecule has 6 heteroatoms. The van der Waals surface area contributed by atoms with Gasteiger partial charge in [-0.05, 0) is 36.8 Å². The van der Waals surface area contributed by atoms with Crippen molar-refractivity contribution in [1.29, 1.82) is 5.26 Å². The Kier molecular flexibility index (Phi) is 4.67. The van der Waals surface area contributed by atoms with E-state index in [0.29, 0.717) is 22.8 Å². The number of anilines is 3. The lowest BCUT2D eigenvalue weighted by Crippen LogP contribution is -2.14. The molecule has 3 aromatic rings. The van der Waals surface area contributed by atoms with Crippen molar-refractivity contribution in [2.45, 2.75) is 6.92 Å². The number of amides is 1. The van der Waals surface area contributed by atoms with Gasteiger partial charge < -0.3 is 10.6 Å². The SMILES string of the molecule is Cc1cccc(NC(=O)c2cnc(Nc3ccccc3C#N)cn2)c1. The van der Waals surface area contributed by atoms with Gasteiger partial charge in [0.15, 0.2) is 0 Å². The van der Waals surface area contributed by atoms with E-state index < -0.39 is 0 Å². The molecule has 0 aliphatic rings. The minimum Gasteiger partial charge on any atom is -0.338 e. The summed E-state index contributed by atoms with van der Waals surface area (Å²) in [5.41, 5.74) is 3.11. The fourth-order valence-electron chi connectivity index (χ4n) is 2.26. The zero-order valence-corrected chi connectivity index (χ0v) is 13.5. The Morgan fingerprint density at radius 2 is 1.92 bits per heavy atom. The molecule has 0 fully saturated rings. The Labute approximate surface area is 145 Å². The Hall–Kier alpha value is -3.72. The van der Waals surface area contributed by atoms with Gasteiger partial charge in [-0.3, -0.25) is 4.79 Å². The first-order chi connectivity index (χ1) is 12.2. The molecule has 2 aromatic carbocycles. The Morgan fingerprint density at radius 3 is 2.64 bits per heavy atom. The molecule has 0 aliphatic carbocycles. The van der Waals surface area contributed by atoms with Gasteiger partial charge in [-0.1, -0.05) is 24.3 Å². The highest BCUT2D eigenvalue weighted by molar-refractivity contribution is 6.02. The number of benzene rings is 2. The van der Waals surface area contributed by atoms with Crippen LogP contribution in [0.15, 0.2) is 60.9 Å². The second-order valence-electron chi connectivity index (χ2n) is 5.39. The molecule has 0 atom stereocenters. The van der Waals surface area contributed by atoms with Crippen LogP contribution >= 0.6 is 0 Å². The van der Waals surface area contributed by atoms with Crippen molar-refractivity contribution in [3.05, 3.63) is 77.7 Å². The molecule has 0 saturated heterocycles. The molecule has 25 heavy (non-hydrogen) atoms. The number of para-hydroxylation sites is 1. The largest absolute Gasteiger partial charge is 0.338 e. The highest BCUT2D eigenvalue weighted by Crippen LogP contribution is 2.18. The third-order valence-electron chi connectivity index (χ3n) is 3.47. The summed E-state index contributed by atoms with van der Waals surface area (Å²) in [5, 5.41) is 14.9. The highest BCUT2D eigenvalue weighted by Gasteiger charge is 2.09. The number of carbonyl (C=O) groups is 1. The van der Waals surface area contributed by atoms with Gasteiger partial charge >= 0.3 is 0 Å². The monoisotopic (exact) mass is 329 g/mol. The van der Waals surface area contributed by atoms with E-state index in [-0.39, 0.29) is 11.6 Å². The minimum atomic E-state index is -0.331. The highest BCUT2D eigenvalue weighted by atomic mass is 16.1. The van der Waals surface area contributed by atoms with Crippen molar-refractivity contribution in [1.82, 2.24) is 9.97 Å². The van der Waals surface area contributed by atoms with Crippen LogP contribution in [0.5, 0.6) is 0 Å². The summed E-state index contributed by atoms with van der Waals surface area (Å²) in [4.78, 5) is 20.5. The zero-order chi connectivity index (χ0) is 17.6. The van der Waals surface area contributed by atoms with Crippen molar-refractivity contribution in [2.75, 3.05) is 10.6 Å². The van der Waals surface area contributed by atoms with Crippen LogP contribution in [0.25, 0.3) is 0 Å². The predicted molar refractivity (Wildman–Crippen MR) is 95.6 cm³/mol. The number of carbonyl (C=O) groups excluding carboxylic acids is 1. The van der Waals surface area contributed by atoms with Gasteiger partial charge in [0, 0.05) is 5.69 Å². The molecule has 0 unspecified atom stereocenters. The van der Waals surface area contributed by atoms with Crippen LogP contribution < -0.4 is 10.6 Å². The lowest BCUT2D eigenvalue weighted by Gasteiger charge is -2.08. The van der Waals surface area contributed by atoms with Gasteiger partial charge in [-0.2, -0.15) is 5.26 Å². The molecule has 0 bridgehead atoms. The first-order valence-corrected chi connectivity index (χ1v) is 7.62. The Bertz CT molecular complexity index is 945. The fourth-order valence-corrected chi connectivity index (χ4v) is 2.26. The average molecular weight is 329 g/mol. The predicted octanol–water partition coefficient (Wildman–Crippen LogP) is 3.65. The van der Waals surface area contributed by atoms with Crippen molar-refractivity contribution in [2.24, 2.45) is 0 Å². The Morgan fingerprint density at radius 1 is 1.08 bits per heavy atom. The molecule has 0 spiro atoms. The lowest BCUT2D eigenvalue weighted by atomic mass is 10.2. The van der Waals surface area contributed by atoms with E-state index in [0.717, 1.165) is 5.56 Å². The average Bonchev–Trinajstić information content (AvgIpc) is 2.63. The van der Waals surface area contributed by atoms with E-state index in [1.54, 1.807) is 18.2 Å². The van der Waals surface area contributed by atoms with Crippen molar-refractivity contribution in [3.8, 4) is 6.07 Å². The van der Waals surface area contributed by atoms with E-state index in [4.69, 9.17) is 5.26 Å². The van der Waals surface area contributed by atoms with Crippen molar-refractivity contribution in [3.63, 3.8) is 0 Å². The summed E-state index contributed by atoms with van der Waals surface area (Å²) in [7, 11) is 0. The number of nitrogens with one attached hydrogen (secondary N) is 2. The smallest absolute Gasteiger partial charge is 0.275 e. The molecule has 0 saturated carbocycles. The minimum absolute atomic E-state index is 0.209. The topological polar surface area (TPSA) is 90.7 Å². The number of hydrogen-bond donors (Lipinski definition) is 2. The maximum Gasteiger partial charge on any atom is 0.275 e. The first-order valence-electron chi connectivity index (χ1n) is 7.62. The molecule has 0 aliphatic heterocycles. The number of aryl methyl sites for hydroxylation is 1. The molecule has 3 rings (SSSR count). The third kappa shape index (κ3) is 3.98. The third-order valence-corrected chi connectivity index (χ3v) is 3.47. The summed E-state index contributed by atoms with van der Waals surface area (Å²) in [6.45, 7) is 1.95. The van der Waals surface area contributed by atoms with E-state index in [2.05, 4.69) is 26.7 Å².